The lowest BCUT2D eigenvalue weighted by Crippen LogP contribution is -2.65. The second kappa shape index (κ2) is 13.3. The molecule has 5 N–H and O–H groups in total. The van der Waals surface area contributed by atoms with Crippen LogP contribution in [0, 0.1) is 5.92 Å². The summed E-state index contributed by atoms with van der Waals surface area (Å²) in [7, 11) is 0. The summed E-state index contributed by atoms with van der Waals surface area (Å²) in [5, 5.41) is 38.3. The molecule has 2 aromatic rings. The second-order valence-electron chi connectivity index (χ2n) is 10.5. The first-order valence-corrected chi connectivity index (χ1v) is 15.7. The van der Waals surface area contributed by atoms with Crippen LogP contribution in [-0.4, -0.2) is 98.9 Å². The largest absolute Gasteiger partial charge is 0.388 e. The van der Waals surface area contributed by atoms with Crippen molar-refractivity contribution in [1.29, 1.82) is 0 Å². The Kier molecular flexibility index (Phi) is 9.85. The van der Waals surface area contributed by atoms with Gasteiger partial charge in [-0.15, -0.1) is 23.5 Å². The van der Waals surface area contributed by atoms with E-state index in [1.54, 1.807) is 12.5 Å². The minimum Gasteiger partial charge on any atom is -0.388 e. The number of amides is 1. The zero-order valence-corrected chi connectivity index (χ0v) is 24.1. The molecule has 2 saturated heterocycles. The third-order valence-electron chi connectivity index (χ3n) is 7.84. The SMILES string of the molecule is CSC1O[C@H]([C@H](NC(=O)[C@H]2NC[C@@H]3CC=CCO[C@H]32)[C@H](C)Sc2ccc(-c3cccnc3)cc2)C(O)[C@@H](O)[C@H]1O. The van der Waals surface area contributed by atoms with Crippen molar-refractivity contribution < 1.29 is 29.6 Å². The minimum absolute atomic E-state index is 0.201. The smallest absolute Gasteiger partial charge is 0.240 e. The Morgan fingerprint density at radius 2 is 1.90 bits per heavy atom. The number of rotatable bonds is 8. The quantitative estimate of drug-likeness (QED) is 0.230. The molecule has 0 radical (unpaired) electrons. The van der Waals surface area contributed by atoms with Crippen molar-refractivity contribution in [2.24, 2.45) is 5.92 Å². The van der Waals surface area contributed by atoms with Gasteiger partial charge in [-0.25, -0.2) is 0 Å². The predicted octanol–water partition coefficient (Wildman–Crippen LogP) is 1.82. The molecule has 2 unspecified atom stereocenters. The van der Waals surface area contributed by atoms with E-state index >= 15 is 0 Å². The first kappa shape index (κ1) is 29.5. The molecule has 4 heterocycles. The van der Waals surface area contributed by atoms with Crippen LogP contribution in [0.3, 0.4) is 0 Å². The van der Waals surface area contributed by atoms with E-state index in [1.165, 1.54) is 23.5 Å². The van der Waals surface area contributed by atoms with Crippen LogP contribution >= 0.6 is 23.5 Å². The molecule has 40 heavy (non-hydrogen) atoms. The number of hydrogen-bond donors (Lipinski definition) is 5. The molecule has 11 heteroatoms. The summed E-state index contributed by atoms with van der Waals surface area (Å²) in [5.41, 5.74) is 1.31. The van der Waals surface area contributed by atoms with E-state index in [2.05, 4.69) is 21.7 Å². The molecule has 10 atom stereocenters. The number of benzene rings is 1. The van der Waals surface area contributed by atoms with E-state index in [4.69, 9.17) is 9.47 Å². The highest BCUT2D eigenvalue weighted by Gasteiger charge is 2.49. The number of nitrogens with one attached hydrogen (secondary N) is 2. The molecular weight excluding hydrogens is 550 g/mol. The van der Waals surface area contributed by atoms with Gasteiger partial charge in [-0.1, -0.05) is 37.3 Å². The van der Waals surface area contributed by atoms with Gasteiger partial charge in [0.25, 0.3) is 0 Å². The number of fused-ring (bicyclic) bond motifs is 1. The summed E-state index contributed by atoms with van der Waals surface area (Å²) < 4.78 is 12.1. The fraction of sp³-hybridized carbons (Fsp3) is 0.517. The van der Waals surface area contributed by atoms with Crippen molar-refractivity contribution in [2.45, 2.75) is 71.5 Å². The van der Waals surface area contributed by atoms with Crippen molar-refractivity contribution in [3.8, 4) is 11.1 Å². The van der Waals surface area contributed by atoms with Crippen molar-refractivity contribution in [3.05, 3.63) is 60.9 Å². The molecule has 0 saturated carbocycles. The maximum atomic E-state index is 13.7. The number of pyridine rings is 1. The number of aromatic nitrogens is 1. The first-order chi connectivity index (χ1) is 19.4. The molecule has 0 spiro atoms. The summed E-state index contributed by atoms with van der Waals surface area (Å²) in [4.78, 5) is 18.8. The number of allylic oxidation sites excluding steroid dienone is 1. The third-order valence-corrected chi connectivity index (χ3v) is 9.91. The van der Waals surface area contributed by atoms with Crippen LogP contribution < -0.4 is 10.6 Å². The van der Waals surface area contributed by atoms with Crippen molar-refractivity contribution in [2.75, 3.05) is 19.4 Å². The van der Waals surface area contributed by atoms with Crippen LogP contribution in [0.5, 0.6) is 0 Å². The van der Waals surface area contributed by atoms with Crippen molar-refractivity contribution in [3.63, 3.8) is 0 Å². The predicted molar refractivity (Wildman–Crippen MR) is 156 cm³/mol. The topological polar surface area (TPSA) is 133 Å². The van der Waals surface area contributed by atoms with Gasteiger partial charge in [-0.2, -0.15) is 0 Å². The molecule has 3 aliphatic heterocycles. The third kappa shape index (κ3) is 6.42. The standard InChI is InChI=1S/C29H37N3O6S2/c1-16(40-20-10-8-17(9-11-20)18-7-5-12-30-14-18)21(27-24(34)23(33)25(35)29(38-27)39-2)32-28(36)22-26-19(15-31-22)6-3-4-13-37-26/h3-5,7-12,14,16,19,21-27,29,31,33-35H,6,13,15H2,1-2H3,(H,32,36)/t16-,19-,21+,22-,23+,24?,25+,26+,27+,29?/m0/s1. The lowest BCUT2D eigenvalue weighted by atomic mass is 9.92. The number of aliphatic hydroxyl groups excluding tert-OH is 3. The summed E-state index contributed by atoms with van der Waals surface area (Å²) >= 11 is 2.79. The highest BCUT2D eigenvalue weighted by molar-refractivity contribution is 8.00. The summed E-state index contributed by atoms with van der Waals surface area (Å²) in [6, 6.07) is 10.8. The number of hydrogen-bond acceptors (Lipinski definition) is 10. The summed E-state index contributed by atoms with van der Waals surface area (Å²) in [5.74, 6) is -0.0386. The monoisotopic (exact) mass is 587 g/mol. The van der Waals surface area contributed by atoms with E-state index in [9.17, 15) is 20.1 Å². The van der Waals surface area contributed by atoms with Gasteiger partial charge >= 0.3 is 0 Å². The molecule has 2 fully saturated rings. The number of thioether (sulfide) groups is 2. The van der Waals surface area contributed by atoms with Crippen LogP contribution in [0.4, 0.5) is 0 Å². The van der Waals surface area contributed by atoms with E-state index < -0.39 is 41.9 Å². The minimum atomic E-state index is -1.41. The van der Waals surface area contributed by atoms with E-state index in [1.807, 2.05) is 55.6 Å². The normalized spacial score (nSPS) is 33.5. The van der Waals surface area contributed by atoms with Gasteiger partial charge in [0.15, 0.2) is 0 Å². The lowest BCUT2D eigenvalue weighted by molar-refractivity contribution is -0.205. The highest BCUT2D eigenvalue weighted by atomic mass is 32.2. The molecule has 1 aromatic carbocycles. The van der Waals surface area contributed by atoms with Crippen LogP contribution in [0.15, 0.2) is 65.8 Å². The second-order valence-corrected chi connectivity index (χ2v) is 12.8. The highest BCUT2D eigenvalue weighted by Crippen LogP contribution is 2.35. The lowest BCUT2D eigenvalue weighted by Gasteiger charge is -2.44. The van der Waals surface area contributed by atoms with Crippen molar-refractivity contribution >= 4 is 29.4 Å². The number of ether oxygens (including phenoxy) is 2. The molecule has 5 rings (SSSR count). The van der Waals surface area contributed by atoms with Crippen LogP contribution in [-0.2, 0) is 14.3 Å². The Hall–Kier alpha value is -1.96. The van der Waals surface area contributed by atoms with Gasteiger partial charge in [0, 0.05) is 35.0 Å². The molecule has 9 nitrogen and oxygen atoms in total. The van der Waals surface area contributed by atoms with Gasteiger partial charge in [-0.3, -0.25) is 9.78 Å². The zero-order chi connectivity index (χ0) is 28.2. The number of carbonyl (C=O) groups is 1. The Labute approximate surface area is 243 Å². The number of nitrogens with zero attached hydrogens (tertiary/aromatic N) is 1. The molecule has 0 aliphatic carbocycles. The number of aliphatic hydroxyl groups is 3. The summed E-state index contributed by atoms with van der Waals surface area (Å²) in [6.07, 6.45) is 5.00. The van der Waals surface area contributed by atoms with Crippen LogP contribution in [0.25, 0.3) is 11.1 Å². The zero-order valence-electron chi connectivity index (χ0n) is 22.5. The molecule has 216 valence electrons. The molecule has 1 aromatic heterocycles. The average Bonchev–Trinajstić information content (AvgIpc) is 3.24. The van der Waals surface area contributed by atoms with Gasteiger partial charge in [-0.05, 0) is 42.0 Å². The Bertz CT molecular complexity index is 1150. The van der Waals surface area contributed by atoms with Gasteiger partial charge in [0.05, 0.1) is 18.8 Å². The maximum absolute atomic E-state index is 13.7. The molecule has 3 aliphatic rings. The van der Waals surface area contributed by atoms with Crippen LogP contribution in [0.2, 0.25) is 0 Å². The van der Waals surface area contributed by atoms with Crippen LogP contribution in [0.1, 0.15) is 13.3 Å². The molecule has 0 bridgehead atoms. The summed E-state index contributed by atoms with van der Waals surface area (Å²) in [6.45, 7) is 3.10. The maximum Gasteiger partial charge on any atom is 0.240 e. The van der Waals surface area contributed by atoms with Gasteiger partial charge in [0.2, 0.25) is 5.91 Å². The van der Waals surface area contributed by atoms with Gasteiger partial charge in [0.1, 0.15) is 35.9 Å². The average molecular weight is 588 g/mol. The Morgan fingerprint density at radius 3 is 2.62 bits per heavy atom. The van der Waals surface area contributed by atoms with E-state index in [0.717, 1.165) is 22.4 Å². The van der Waals surface area contributed by atoms with E-state index in [0.29, 0.717) is 13.2 Å². The fourth-order valence-corrected chi connectivity index (χ4v) is 7.38. The van der Waals surface area contributed by atoms with Gasteiger partial charge < -0.3 is 35.4 Å². The fourth-order valence-electron chi connectivity index (χ4n) is 5.61. The molecular formula is C29H37N3O6S2. The van der Waals surface area contributed by atoms with E-state index in [-0.39, 0.29) is 23.2 Å². The first-order valence-electron chi connectivity index (χ1n) is 13.6. The Morgan fingerprint density at radius 1 is 1.10 bits per heavy atom. The van der Waals surface area contributed by atoms with Crippen molar-refractivity contribution in [1.82, 2.24) is 15.6 Å². The Balaban J connectivity index is 1.36. The number of carbonyl (C=O) groups excluding carboxylic acids is 1. The molecule has 1 amide bonds.